The van der Waals surface area contributed by atoms with E-state index in [-0.39, 0.29) is 17.1 Å². The van der Waals surface area contributed by atoms with Crippen LogP contribution in [0.3, 0.4) is 0 Å². The third kappa shape index (κ3) is 6.50. The molecule has 2 rings (SSSR count). The molecule has 1 aliphatic rings. The van der Waals surface area contributed by atoms with Gasteiger partial charge < -0.3 is 10.4 Å². The second-order valence-electron chi connectivity index (χ2n) is 8.41. The Morgan fingerprint density at radius 3 is 2.60 bits per heavy atom. The van der Waals surface area contributed by atoms with E-state index in [0.717, 1.165) is 47.1 Å². The van der Waals surface area contributed by atoms with Gasteiger partial charge in [-0.2, -0.15) is 0 Å². The number of carbonyl (C=O) groups is 1. The maximum absolute atomic E-state index is 12.3. The first kappa shape index (κ1) is 23.8. The topological polar surface area (TPSA) is 49.3 Å². The quantitative estimate of drug-likeness (QED) is 0.494. The monoisotopic (exact) mass is 425 g/mol. The molecule has 0 aliphatic heterocycles. The van der Waals surface area contributed by atoms with Crippen molar-refractivity contribution in [3.8, 4) is 5.75 Å². The second-order valence-corrected chi connectivity index (χ2v) is 8.82. The van der Waals surface area contributed by atoms with Crippen LogP contribution in [0.4, 0.5) is 0 Å². The maximum atomic E-state index is 12.3. The molecule has 1 aromatic carbocycles. The number of aromatic hydroxyl groups is 1. The van der Waals surface area contributed by atoms with Crippen molar-refractivity contribution in [3.05, 3.63) is 81.5 Å². The van der Waals surface area contributed by atoms with Gasteiger partial charge in [0.1, 0.15) is 5.75 Å². The third-order valence-corrected chi connectivity index (χ3v) is 5.68. The van der Waals surface area contributed by atoms with Crippen LogP contribution in [0, 0.1) is 5.41 Å². The molecule has 1 aliphatic carbocycles. The van der Waals surface area contributed by atoms with E-state index in [1.807, 2.05) is 37.3 Å². The number of carbonyl (C=O) groups excluding carboxylic acids is 1. The standard InChI is InChI=1S/C26H32ClNO2/c1-18(8-6-9-19(2)16-20-12-14-24(29)23(27)17-20)11-13-22-21(25(30)28-5)10-7-15-26(22,3)4/h6,8-9,11-14,16-17,29H,7,10,15H2,1-5H3,(H,28,30)/b9-6+,13-11+,18-8+,19-16+. The second kappa shape index (κ2) is 10.5. The molecule has 0 saturated heterocycles. The number of phenols is 1. The van der Waals surface area contributed by atoms with Gasteiger partial charge in [0.15, 0.2) is 0 Å². The average Bonchev–Trinajstić information content (AvgIpc) is 2.68. The Hall–Kier alpha value is -2.52. The van der Waals surface area contributed by atoms with E-state index in [2.05, 4.69) is 38.2 Å². The lowest BCUT2D eigenvalue weighted by molar-refractivity contribution is -0.117. The number of hydrogen-bond acceptors (Lipinski definition) is 2. The summed E-state index contributed by atoms with van der Waals surface area (Å²) < 4.78 is 0. The average molecular weight is 426 g/mol. The van der Waals surface area contributed by atoms with Crippen LogP contribution in [0.5, 0.6) is 5.75 Å². The van der Waals surface area contributed by atoms with Gasteiger partial charge in [0.25, 0.3) is 0 Å². The molecule has 4 heteroatoms. The van der Waals surface area contributed by atoms with Gasteiger partial charge in [-0.05, 0) is 61.8 Å². The molecule has 0 fully saturated rings. The maximum Gasteiger partial charge on any atom is 0.247 e. The van der Waals surface area contributed by atoms with Crippen molar-refractivity contribution in [1.82, 2.24) is 5.32 Å². The summed E-state index contributed by atoms with van der Waals surface area (Å²) in [7, 11) is 1.69. The lowest BCUT2D eigenvalue weighted by atomic mass is 9.72. The number of hydrogen-bond donors (Lipinski definition) is 2. The SMILES string of the molecule is CNC(=O)C1=C(/C=C/C(C)=C/C=C/C(C)=C/c2ccc(O)c(Cl)c2)C(C)(C)CCC1. The van der Waals surface area contributed by atoms with Crippen LogP contribution in [0.1, 0.15) is 52.5 Å². The van der Waals surface area contributed by atoms with Gasteiger partial charge in [0.05, 0.1) is 5.02 Å². The zero-order valence-electron chi connectivity index (χ0n) is 18.6. The lowest BCUT2D eigenvalue weighted by Gasteiger charge is -2.33. The number of halogens is 1. The molecule has 1 amide bonds. The number of allylic oxidation sites excluding steroid dienone is 8. The summed E-state index contributed by atoms with van der Waals surface area (Å²) in [6.45, 7) is 8.48. The molecule has 0 saturated carbocycles. The lowest BCUT2D eigenvalue weighted by Crippen LogP contribution is -2.28. The fourth-order valence-corrected chi connectivity index (χ4v) is 3.83. The van der Waals surface area contributed by atoms with E-state index in [4.69, 9.17) is 11.6 Å². The van der Waals surface area contributed by atoms with Crippen molar-refractivity contribution >= 4 is 23.6 Å². The van der Waals surface area contributed by atoms with Gasteiger partial charge in [-0.3, -0.25) is 4.79 Å². The van der Waals surface area contributed by atoms with Gasteiger partial charge in [-0.1, -0.05) is 79.1 Å². The van der Waals surface area contributed by atoms with Crippen LogP contribution < -0.4 is 5.32 Å². The number of amides is 1. The highest BCUT2D eigenvalue weighted by molar-refractivity contribution is 6.32. The van der Waals surface area contributed by atoms with Crippen LogP contribution in [0.2, 0.25) is 5.02 Å². The van der Waals surface area contributed by atoms with Gasteiger partial charge in [-0.15, -0.1) is 0 Å². The Bertz CT molecular complexity index is 946. The largest absolute Gasteiger partial charge is 0.506 e. The Morgan fingerprint density at radius 1 is 1.20 bits per heavy atom. The van der Waals surface area contributed by atoms with Crippen LogP contribution in [-0.2, 0) is 4.79 Å². The molecular formula is C26H32ClNO2. The van der Waals surface area contributed by atoms with Crippen molar-refractivity contribution in [2.24, 2.45) is 5.41 Å². The molecule has 2 N–H and O–H groups in total. The minimum Gasteiger partial charge on any atom is -0.506 e. The van der Waals surface area contributed by atoms with E-state index in [1.54, 1.807) is 19.2 Å². The number of rotatable bonds is 6. The van der Waals surface area contributed by atoms with E-state index in [1.165, 1.54) is 0 Å². The van der Waals surface area contributed by atoms with Gasteiger partial charge in [0, 0.05) is 12.6 Å². The number of likely N-dealkylation sites (N-methyl/N-ethyl adjacent to an activating group) is 1. The number of benzene rings is 1. The first-order valence-electron chi connectivity index (χ1n) is 10.3. The number of phenolic OH excluding ortho intramolecular Hbond substituents is 1. The van der Waals surface area contributed by atoms with Crippen molar-refractivity contribution in [3.63, 3.8) is 0 Å². The highest BCUT2D eigenvalue weighted by Gasteiger charge is 2.30. The summed E-state index contributed by atoms with van der Waals surface area (Å²) in [5.74, 6) is 0.113. The molecule has 0 atom stereocenters. The highest BCUT2D eigenvalue weighted by Crippen LogP contribution is 2.41. The van der Waals surface area contributed by atoms with Crippen molar-refractivity contribution in [1.29, 1.82) is 0 Å². The van der Waals surface area contributed by atoms with Crippen LogP contribution in [-0.4, -0.2) is 18.1 Å². The zero-order chi connectivity index (χ0) is 22.3. The molecule has 0 unspecified atom stereocenters. The predicted octanol–water partition coefficient (Wildman–Crippen LogP) is 6.76. The number of nitrogens with one attached hydrogen (secondary N) is 1. The van der Waals surface area contributed by atoms with Crippen molar-refractivity contribution < 1.29 is 9.90 Å². The Morgan fingerprint density at radius 2 is 1.93 bits per heavy atom. The first-order chi connectivity index (χ1) is 14.1. The summed E-state index contributed by atoms with van der Waals surface area (Å²) in [4.78, 5) is 12.3. The predicted molar refractivity (Wildman–Crippen MR) is 128 cm³/mol. The Kier molecular flexibility index (Phi) is 8.31. The molecule has 0 spiro atoms. The van der Waals surface area contributed by atoms with E-state index in [0.29, 0.717) is 5.02 Å². The van der Waals surface area contributed by atoms with Crippen LogP contribution >= 0.6 is 11.6 Å². The summed E-state index contributed by atoms with van der Waals surface area (Å²) in [5.41, 5.74) is 5.15. The van der Waals surface area contributed by atoms with E-state index >= 15 is 0 Å². The van der Waals surface area contributed by atoms with E-state index < -0.39 is 0 Å². The minimum atomic E-state index is -0.00255. The molecule has 0 aromatic heterocycles. The smallest absolute Gasteiger partial charge is 0.247 e. The normalized spacial score (nSPS) is 17.8. The highest BCUT2D eigenvalue weighted by atomic mass is 35.5. The molecule has 1 aromatic rings. The molecule has 30 heavy (non-hydrogen) atoms. The van der Waals surface area contributed by atoms with Crippen LogP contribution in [0.15, 0.2) is 70.9 Å². The minimum absolute atomic E-state index is 0.00255. The summed E-state index contributed by atoms with van der Waals surface area (Å²) in [5, 5.41) is 12.6. The first-order valence-corrected chi connectivity index (χ1v) is 10.7. The molecule has 0 heterocycles. The summed E-state index contributed by atoms with van der Waals surface area (Å²) >= 11 is 5.96. The molecule has 160 valence electrons. The zero-order valence-corrected chi connectivity index (χ0v) is 19.3. The van der Waals surface area contributed by atoms with E-state index in [9.17, 15) is 9.90 Å². The summed E-state index contributed by atoms with van der Waals surface area (Å²) in [6.07, 6.45) is 15.2. The molecule has 3 nitrogen and oxygen atoms in total. The third-order valence-electron chi connectivity index (χ3n) is 5.38. The van der Waals surface area contributed by atoms with Crippen LogP contribution in [0.25, 0.3) is 6.08 Å². The van der Waals surface area contributed by atoms with Gasteiger partial charge in [0.2, 0.25) is 5.91 Å². The fourth-order valence-electron chi connectivity index (χ4n) is 3.64. The van der Waals surface area contributed by atoms with Crippen molar-refractivity contribution in [2.75, 3.05) is 7.05 Å². The van der Waals surface area contributed by atoms with Gasteiger partial charge in [-0.25, -0.2) is 0 Å². The van der Waals surface area contributed by atoms with Crippen molar-refractivity contribution in [2.45, 2.75) is 47.0 Å². The Balaban J connectivity index is 2.15. The molecule has 0 radical (unpaired) electrons. The van der Waals surface area contributed by atoms with Gasteiger partial charge >= 0.3 is 0 Å². The molecule has 0 bridgehead atoms. The summed E-state index contributed by atoms with van der Waals surface area (Å²) in [6, 6.07) is 5.16. The fraction of sp³-hybridized carbons (Fsp3) is 0.346. The Labute approximate surface area is 185 Å². The molecular weight excluding hydrogens is 394 g/mol.